The lowest BCUT2D eigenvalue weighted by Gasteiger charge is -2.07. The first kappa shape index (κ1) is 20.9. The van der Waals surface area contributed by atoms with Gasteiger partial charge in [0.1, 0.15) is 11.5 Å². The van der Waals surface area contributed by atoms with E-state index in [2.05, 4.69) is 15.4 Å². The number of methoxy groups -OCH3 is 2. The Hall–Kier alpha value is -4.33. The molecule has 2 heterocycles. The molecule has 2 aromatic heterocycles. The number of ether oxygens (including phenoxy) is 2. The molecule has 1 N–H and O–H groups in total. The normalized spacial score (nSPS) is 10.9. The number of rotatable bonds is 8. The van der Waals surface area contributed by atoms with E-state index in [9.17, 15) is 4.79 Å². The summed E-state index contributed by atoms with van der Waals surface area (Å²) in [7, 11) is 3.23. The predicted molar refractivity (Wildman–Crippen MR) is 121 cm³/mol. The Kier molecular flexibility index (Phi) is 6.31. The van der Waals surface area contributed by atoms with Gasteiger partial charge in [0.05, 0.1) is 20.5 Å². The highest BCUT2D eigenvalue weighted by molar-refractivity contribution is 5.94. The molecule has 0 fully saturated rings. The van der Waals surface area contributed by atoms with Crippen LogP contribution in [-0.2, 0) is 6.54 Å². The molecule has 0 spiro atoms. The second-order valence-electron chi connectivity index (χ2n) is 6.79. The van der Waals surface area contributed by atoms with Gasteiger partial charge in [0.25, 0.3) is 5.91 Å². The fourth-order valence-corrected chi connectivity index (χ4v) is 2.97. The summed E-state index contributed by atoms with van der Waals surface area (Å²) in [5.41, 5.74) is 1.86. The van der Waals surface area contributed by atoms with E-state index in [1.807, 2.05) is 48.5 Å². The molecule has 0 amide bonds. The number of hydrogen-bond donors (Lipinski definition) is 1. The average molecular weight is 430 g/mol. The van der Waals surface area contributed by atoms with E-state index < -0.39 is 0 Å². The summed E-state index contributed by atoms with van der Waals surface area (Å²) in [4.78, 5) is 17.4. The van der Waals surface area contributed by atoms with Gasteiger partial charge in [0.15, 0.2) is 5.76 Å². The van der Waals surface area contributed by atoms with Gasteiger partial charge in [-0.1, -0.05) is 24.3 Å². The van der Waals surface area contributed by atoms with Crippen LogP contribution in [0, 0.1) is 0 Å². The smallest absolute Gasteiger partial charge is 0.274 e. The minimum Gasteiger partial charge on any atom is -0.497 e. The van der Waals surface area contributed by atoms with Gasteiger partial charge in [-0.15, -0.1) is 5.10 Å². The van der Waals surface area contributed by atoms with Crippen LogP contribution in [0.2, 0.25) is 0 Å². The lowest BCUT2D eigenvalue weighted by molar-refractivity contribution is 0.0957. The first-order chi connectivity index (χ1) is 15.7. The lowest BCUT2D eigenvalue weighted by atomic mass is 10.2. The molecule has 0 aliphatic heterocycles. The highest BCUT2D eigenvalue weighted by Gasteiger charge is 2.17. The maximum Gasteiger partial charge on any atom is 0.274 e. The summed E-state index contributed by atoms with van der Waals surface area (Å²) in [6, 6.07) is 18.5. The zero-order chi connectivity index (χ0) is 22.3. The van der Waals surface area contributed by atoms with E-state index in [0.29, 0.717) is 24.1 Å². The number of aromatic nitrogens is 3. The number of nitrogens with zero attached hydrogens (tertiary/aromatic N) is 3. The molecule has 4 rings (SSSR count). The largest absolute Gasteiger partial charge is 0.497 e. The summed E-state index contributed by atoms with van der Waals surface area (Å²) < 4.78 is 17.0. The van der Waals surface area contributed by atoms with Gasteiger partial charge in [0.2, 0.25) is 11.8 Å². The summed E-state index contributed by atoms with van der Waals surface area (Å²) in [5.74, 6) is 2.29. The zero-order valence-electron chi connectivity index (χ0n) is 17.7. The van der Waals surface area contributed by atoms with Crippen molar-refractivity contribution in [1.82, 2.24) is 14.8 Å². The summed E-state index contributed by atoms with van der Waals surface area (Å²) in [5, 5.41) is 7.52. The third-order valence-electron chi connectivity index (χ3n) is 4.70. The van der Waals surface area contributed by atoms with Crippen molar-refractivity contribution in [2.75, 3.05) is 19.5 Å². The minimum atomic E-state index is -0.344. The van der Waals surface area contributed by atoms with Gasteiger partial charge < -0.3 is 19.2 Å². The molecule has 162 valence electrons. The van der Waals surface area contributed by atoms with Crippen molar-refractivity contribution in [2.45, 2.75) is 6.54 Å². The maximum absolute atomic E-state index is 12.9. The molecule has 0 atom stereocenters. The Bertz CT molecular complexity index is 1190. The fourth-order valence-electron chi connectivity index (χ4n) is 2.97. The van der Waals surface area contributed by atoms with E-state index in [-0.39, 0.29) is 5.91 Å². The molecule has 0 unspecified atom stereocenters. The van der Waals surface area contributed by atoms with Gasteiger partial charge in [-0.25, -0.2) is 0 Å². The number of furan rings is 1. The van der Waals surface area contributed by atoms with Crippen LogP contribution in [0.15, 0.2) is 77.4 Å². The number of hydrogen-bond acceptors (Lipinski definition) is 7. The number of anilines is 1. The van der Waals surface area contributed by atoms with Crippen molar-refractivity contribution in [3.05, 3.63) is 84.1 Å². The number of carbonyl (C=O) groups excluding carboxylic acids is 1. The second kappa shape index (κ2) is 9.65. The van der Waals surface area contributed by atoms with E-state index in [1.165, 1.54) is 17.0 Å². The molecule has 8 heteroatoms. The van der Waals surface area contributed by atoms with Crippen molar-refractivity contribution >= 4 is 17.9 Å². The molecule has 4 aromatic rings. The lowest BCUT2D eigenvalue weighted by Crippen LogP contribution is -2.14. The van der Waals surface area contributed by atoms with Crippen molar-refractivity contribution < 1.29 is 18.7 Å². The third kappa shape index (κ3) is 4.86. The average Bonchev–Trinajstić information content (AvgIpc) is 3.52. The first-order valence-corrected chi connectivity index (χ1v) is 9.90. The van der Waals surface area contributed by atoms with Crippen molar-refractivity contribution in [2.24, 2.45) is 0 Å². The molecule has 0 bridgehead atoms. The molecular formula is C24H22N4O4. The third-order valence-corrected chi connectivity index (χ3v) is 4.70. The Morgan fingerprint density at radius 3 is 2.34 bits per heavy atom. The fraction of sp³-hybridized carbons (Fsp3) is 0.125. The summed E-state index contributed by atoms with van der Waals surface area (Å²) >= 11 is 0. The van der Waals surface area contributed by atoms with Gasteiger partial charge in [-0.3, -0.25) is 4.79 Å². The second-order valence-corrected chi connectivity index (χ2v) is 6.79. The van der Waals surface area contributed by atoms with Crippen LogP contribution in [0.5, 0.6) is 11.5 Å². The summed E-state index contributed by atoms with van der Waals surface area (Å²) in [6.45, 7) is 0.454. The van der Waals surface area contributed by atoms with Crippen molar-refractivity contribution in [1.29, 1.82) is 0 Å². The van der Waals surface area contributed by atoms with Crippen molar-refractivity contribution in [3.63, 3.8) is 0 Å². The van der Waals surface area contributed by atoms with E-state index in [0.717, 1.165) is 22.6 Å². The zero-order valence-corrected chi connectivity index (χ0v) is 17.7. The Morgan fingerprint density at radius 1 is 1.03 bits per heavy atom. The van der Waals surface area contributed by atoms with Gasteiger partial charge in [0, 0.05) is 12.6 Å². The molecule has 8 nitrogen and oxygen atoms in total. The molecule has 2 aromatic carbocycles. The molecular weight excluding hydrogens is 408 g/mol. The number of carbonyl (C=O) groups is 1. The van der Waals surface area contributed by atoms with Crippen LogP contribution in [0.1, 0.15) is 15.9 Å². The molecule has 0 aliphatic carbocycles. The Balaban J connectivity index is 1.55. The first-order valence-electron chi connectivity index (χ1n) is 9.90. The molecule has 32 heavy (non-hydrogen) atoms. The molecule has 0 saturated carbocycles. The van der Waals surface area contributed by atoms with Crippen LogP contribution in [0.4, 0.5) is 5.95 Å². The monoisotopic (exact) mass is 430 g/mol. The van der Waals surface area contributed by atoms with Gasteiger partial charge in [-0.2, -0.15) is 9.67 Å². The van der Waals surface area contributed by atoms with Crippen LogP contribution in [-0.4, -0.2) is 34.9 Å². The molecule has 0 aliphatic rings. The van der Waals surface area contributed by atoms with Crippen LogP contribution in [0.25, 0.3) is 17.7 Å². The highest BCUT2D eigenvalue weighted by atomic mass is 16.5. The minimum absolute atomic E-state index is 0.316. The topological polar surface area (TPSA) is 91.4 Å². The quantitative estimate of drug-likeness (QED) is 0.411. The standard InChI is InChI=1S/C24H22N4O4/c1-30-19-10-5-17(6-11-19)9-14-22(29)28-24(26-23(27-28)21-4-3-15-32-21)25-16-18-7-12-20(31-2)13-8-18/h3-15H,16H2,1-2H3,(H,25,26,27). The van der Waals surface area contributed by atoms with Crippen LogP contribution >= 0.6 is 0 Å². The Morgan fingerprint density at radius 2 is 1.72 bits per heavy atom. The highest BCUT2D eigenvalue weighted by Crippen LogP contribution is 2.20. The molecule has 0 radical (unpaired) electrons. The van der Waals surface area contributed by atoms with Crippen LogP contribution < -0.4 is 14.8 Å². The molecule has 0 saturated heterocycles. The number of nitrogens with one attached hydrogen (secondary N) is 1. The number of allylic oxidation sites excluding steroid dienone is 1. The van der Waals surface area contributed by atoms with Crippen molar-refractivity contribution in [3.8, 4) is 23.1 Å². The van der Waals surface area contributed by atoms with Gasteiger partial charge in [-0.05, 0) is 53.6 Å². The SMILES string of the molecule is COc1ccc(C=CC(=O)n2nc(-c3ccco3)nc2NCc2ccc(OC)cc2)cc1. The maximum atomic E-state index is 12.9. The summed E-state index contributed by atoms with van der Waals surface area (Å²) in [6.07, 6.45) is 4.69. The van der Waals surface area contributed by atoms with E-state index >= 15 is 0 Å². The van der Waals surface area contributed by atoms with Crippen LogP contribution in [0.3, 0.4) is 0 Å². The van der Waals surface area contributed by atoms with E-state index in [4.69, 9.17) is 13.9 Å². The van der Waals surface area contributed by atoms with Gasteiger partial charge >= 0.3 is 0 Å². The van der Waals surface area contributed by atoms with E-state index in [1.54, 1.807) is 32.4 Å². The predicted octanol–water partition coefficient (Wildman–Crippen LogP) is 4.52. The Labute approximate surface area is 185 Å². The number of benzene rings is 2.